The lowest BCUT2D eigenvalue weighted by molar-refractivity contribution is -0.140. The average Bonchev–Trinajstić information content (AvgIpc) is 3.25. The molecule has 0 aliphatic carbocycles. The molecular formula is C33H46N2O6. The zero-order valence-corrected chi connectivity index (χ0v) is 25.3. The maximum absolute atomic E-state index is 13.5. The number of unbranched alkanes of at least 4 members (excludes halogenated alkanes) is 2. The van der Waals surface area contributed by atoms with Gasteiger partial charge in [0.05, 0.1) is 31.9 Å². The van der Waals surface area contributed by atoms with Crippen LogP contribution in [0.15, 0.2) is 48.0 Å². The van der Waals surface area contributed by atoms with Gasteiger partial charge in [0.15, 0.2) is 11.5 Å². The summed E-state index contributed by atoms with van der Waals surface area (Å²) in [6.07, 6.45) is 4.70. The second kappa shape index (κ2) is 16.1. The van der Waals surface area contributed by atoms with Crippen molar-refractivity contribution in [1.29, 1.82) is 0 Å². The predicted octanol–water partition coefficient (Wildman–Crippen LogP) is 6.21. The van der Waals surface area contributed by atoms with Crippen molar-refractivity contribution in [3.05, 3.63) is 59.2 Å². The lowest BCUT2D eigenvalue weighted by Crippen LogP contribution is -2.33. The molecule has 1 atom stereocenters. The molecule has 0 aromatic heterocycles. The van der Waals surface area contributed by atoms with Crippen molar-refractivity contribution >= 4 is 17.4 Å². The molecule has 1 saturated heterocycles. The van der Waals surface area contributed by atoms with Gasteiger partial charge in [-0.15, -0.1) is 0 Å². The predicted molar refractivity (Wildman–Crippen MR) is 162 cm³/mol. The van der Waals surface area contributed by atoms with Crippen molar-refractivity contribution in [2.45, 2.75) is 65.8 Å². The summed E-state index contributed by atoms with van der Waals surface area (Å²) >= 11 is 0. The second-order valence-corrected chi connectivity index (χ2v) is 10.2. The molecule has 1 fully saturated rings. The topological polar surface area (TPSA) is 88.5 Å². The van der Waals surface area contributed by atoms with E-state index < -0.39 is 17.7 Å². The number of carbonyl (C=O) groups is 2. The van der Waals surface area contributed by atoms with Crippen LogP contribution in [0.25, 0.3) is 5.76 Å². The van der Waals surface area contributed by atoms with Crippen LogP contribution < -0.4 is 14.2 Å². The molecule has 0 bridgehead atoms. The number of benzene rings is 2. The molecule has 1 aliphatic rings. The second-order valence-electron chi connectivity index (χ2n) is 10.2. The summed E-state index contributed by atoms with van der Waals surface area (Å²) in [6, 6.07) is 11.6. The molecular weight excluding hydrogens is 520 g/mol. The largest absolute Gasteiger partial charge is 0.507 e. The Labute approximate surface area is 244 Å². The van der Waals surface area contributed by atoms with E-state index in [4.69, 9.17) is 14.2 Å². The number of carbonyl (C=O) groups excluding carboxylic acids is 2. The zero-order chi connectivity index (χ0) is 29.8. The minimum absolute atomic E-state index is 0.0683. The molecule has 224 valence electrons. The van der Waals surface area contributed by atoms with E-state index in [0.717, 1.165) is 45.3 Å². The van der Waals surface area contributed by atoms with E-state index in [2.05, 4.69) is 25.7 Å². The number of aliphatic hydroxyl groups excluding tert-OH is 1. The van der Waals surface area contributed by atoms with Gasteiger partial charge in [-0.25, -0.2) is 0 Å². The Balaban J connectivity index is 2.01. The van der Waals surface area contributed by atoms with E-state index in [9.17, 15) is 14.7 Å². The van der Waals surface area contributed by atoms with E-state index in [0.29, 0.717) is 54.6 Å². The summed E-state index contributed by atoms with van der Waals surface area (Å²) in [6.45, 7) is 12.5. The van der Waals surface area contributed by atoms with Crippen LogP contribution in [-0.2, 0) is 9.59 Å². The van der Waals surface area contributed by atoms with Gasteiger partial charge in [-0.1, -0.05) is 46.6 Å². The SMILES string of the molecule is CCCCCOc1ccc(C2C(=C(O)c3ccc(OCCC)cc3)C(=O)C(=O)N2CCCN(CC)CC)cc1OC. The molecule has 0 radical (unpaired) electrons. The summed E-state index contributed by atoms with van der Waals surface area (Å²) in [5.41, 5.74) is 1.19. The van der Waals surface area contributed by atoms with Crippen LogP contribution in [0.3, 0.4) is 0 Å². The fourth-order valence-electron chi connectivity index (χ4n) is 5.05. The van der Waals surface area contributed by atoms with Gasteiger partial charge in [-0.05, 0) is 80.9 Å². The Morgan fingerprint density at radius 3 is 2.24 bits per heavy atom. The molecule has 41 heavy (non-hydrogen) atoms. The first-order chi connectivity index (χ1) is 19.9. The number of aliphatic hydroxyl groups is 1. The lowest BCUT2D eigenvalue weighted by Gasteiger charge is -2.27. The van der Waals surface area contributed by atoms with Gasteiger partial charge in [-0.2, -0.15) is 0 Å². The molecule has 1 heterocycles. The van der Waals surface area contributed by atoms with Crippen LogP contribution in [0.1, 0.15) is 77.0 Å². The van der Waals surface area contributed by atoms with E-state index in [1.165, 1.54) is 0 Å². The average molecular weight is 567 g/mol. The maximum atomic E-state index is 13.5. The van der Waals surface area contributed by atoms with E-state index in [1.54, 1.807) is 42.3 Å². The highest BCUT2D eigenvalue weighted by molar-refractivity contribution is 6.46. The molecule has 8 nitrogen and oxygen atoms in total. The number of hydrogen-bond acceptors (Lipinski definition) is 7. The summed E-state index contributed by atoms with van der Waals surface area (Å²) in [4.78, 5) is 30.7. The molecule has 8 heteroatoms. The summed E-state index contributed by atoms with van der Waals surface area (Å²) in [5.74, 6) is 0.286. The normalized spacial score (nSPS) is 16.4. The molecule has 1 unspecified atom stereocenters. The molecule has 1 N–H and O–H groups in total. The van der Waals surface area contributed by atoms with Crippen LogP contribution in [0.4, 0.5) is 0 Å². The van der Waals surface area contributed by atoms with Crippen LogP contribution in [-0.4, -0.2) is 73.1 Å². The maximum Gasteiger partial charge on any atom is 0.295 e. The van der Waals surface area contributed by atoms with Crippen LogP contribution in [0, 0.1) is 0 Å². The highest BCUT2D eigenvalue weighted by atomic mass is 16.5. The molecule has 1 amide bonds. The molecule has 1 aliphatic heterocycles. The summed E-state index contributed by atoms with van der Waals surface area (Å²) in [7, 11) is 1.57. The molecule has 2 aromatic carbocycles. The lowest BCUT2D eigenvalue weighted by atomic mass is 9.95. The number of ketones is 1. The van der Waals surface area contributed by atoms with Crippen LogP contribution in [0.5, 0.6) is 17.2 Å². The highest BCUT2D eigenvalue weighted by Crippen LogP contribution is 2.42. The van der Waals surface area contributed by atoms with Gasteiger partial charge in [0.1, 0.15) is 11.5 Å². The van der Waals surface area contributed by atoms with Gasteiger partial charge in [-0.3, -0.25) is 9.59 Å². The van der Waals surface area contributed by atoms with E-state index >= 15 is 0 Å². The highest BCUT2D eigenvalue weighted by Gasteiger charge is 2.46. The first-order valence-electron chi connectivity index (χ1n) is 14.9. The van der Waals surface area contributed by atoms with E-state index in [1.807, 2.05) is 19.1 Å². The van der Waals surface area contributed by atoms with Gasteiger partial charge in [0.2, 0.25) is 0 Å². The first-order valence-corrected chi connectivity index (χ1v) is 14.9. The van der Waals surface area contributed by atoms with Gasteiger partial charge < -0.3 is 29.1 Å². The number of rotatable bonds is 17. The van der Waals surface area contributed by atoms with Gasteiger partial charge in [0.25, 0.3) is 11.7 Å². The Morgan fingerprint density at radius 2 is 1.61 bits per heavy atom. The zero-order valence-electron chi connectivity index (χ0n) is 25.3. The molecule has 0 saturated carbocycles. The number of hydrogen-bond donors (Lipinski definition) is 1. The van der Waals surface area contributed by atoms with Crippen molar-refractivity contribution in [2.24, 2.45) is 0 Å². The Morgan fingerprint density at radius 1 is 0.878 bits per heavy atom. The van der Waals surface area contributed by atoms with Crippen molar-refractivity contribution in [3.63, 3.8) is 0 Å². The number of likely N-dealkylation sites (tertiary alicyclic amines) is 1. The van der Waals surface area contributed by atoms with Gasteiger partial charge >= 0.3 is 0 Å². The number of methoxy groups -OCH3 is 1. The third-order valence-electron chi connectivity index (χ3n) is 7.42. The molecule has 2 aromatic rings. The fraction of sp³-hybridized carbons (Fsp3) is 0.515. The van der Waals surface area contributed by atoms with Crippen molar-refractivity contribution in [3.8, 4) is 17.2 Å². The Hall–Kier alpha value is -3.52. The molecule has 3 rings (SSSR count). The third kappa shape index (κ3) is 8.03. The van der Waals surface area contributed by atoms with Crippen LogP contribution in [0.2, 0.25) is 0 Å². The summed E-state index contributed by atoms with van der Waals surface area (Å²) < 4.78 is 17.3. The van der Waals surface area contributed by atoms with Gasteiger partial charge in [0, 0.05) is 12.1 Å². The number of amides is 1. The first kappa shape index (κ1) is 32.0. The monoisotopic (exact) mass is 566 g/mol. The molecule has 0 spiro atoms. The number of Topliss-reactive ketones (excluding diaryl/α,β-unsaturated/α-hetero) is 1. The minimum atomic E-state index is -0.759. The summed E-state index contributed by atoms with van der Waals surface area (Å²) in [5, 5.41) is 11.4. The quantitative estimate of drug-likeness (QED) is 0.105. The Bertz CT molecular complexity index is 1170. The minimum Gasteiger partial charge on any atom is -0.507 e. The van der Waals surface area contributed by atoms with Crippen molar-refractivity contribution in [2.75, 3.05) is 46.5 Å². The number of nitrogens with zero attached hydrogens (tertiary/aromatic N) is 2. The standard InChI is InChI=1S/C33H46N2O6/c1-6-10-11-22-41-27-18-15-25(23-28(27)39-5)30-29(31(36)24-13-16-26(17-14-24)40-21-7-2)32(37)33(38)35(30)20-12-19-34(8-3)9-4/h13-18,23,30,36H,6-12,19-22H2,1-5H3. The smallest absolute Gasteiger partial charge is 0.295 e. The third-order valence-corrected chi connectivity index (χ3v) is 7.42. The van der Waals surface area contributed by atoms with Crippen molar-refractivity contribution in [1.82, 2.24) is 9.80 Å². The number of ether oxygens (including phenoxy) is 3. The Kier molecular flexibility index (Phi) is 12.5. The van der Waals surface area contributed by atoms with E-state index in [-0.39, 0.29) is 11.3 Å². The van der Waals surface area contributed by atoms with Crippen molar-refractivity contribution < 1.29 is 28.9 Å². The fourth-order valence-corrected chi connectivity index (χ4v) is 5.05. The van der Waals surface area contributed by atoms with Crippen LogP contribution >= 0.6 is 0 Å².